The Morgan fingerprint density at radius 2 is 1.25 bits per heavy atom. The lowest BCUT2D eigenvalue weighted by Gasteiger charge is -2.34. The molecule has 5 heteroatoms. The molecule has 5 aliphatic rings. The molecule has 0 bridgehead atoms. The zero-order valence-electron chi connectivity index (χ0n) is 31.4. The lowest BCUT2D eigenvalue weighted by Crippen LogP contribution is -2.27. The molecule has 12 rings (SSSR count). The van der Waals surface area contributed by atoms with Gasteiger partial charge in [-0.2, -0.15) is 0 Å². The lowest BCUT2D eigenvalue weighted by molar-refractivity contribution is 0.675. The minimum Gasteiger partial charge on any atom is -0.355 e. The molecular formula is C52H40N2S3. The van der Waals surface area contributed by atoms with Crippen LogP contribution in [0.5, 0.6) is 0 Å². The fraction of sp³-hybridized carbons (Fsp3) is 0.154. The van der Waals surface area contributed by atoms with Gasteiger partial charge >= 0.3 is 0 Å². The molecule has 276 valence electrons. The van der Waals surface area contributed by atoms with E-state index in [0.717, 1.165) is 19.3 Å². The number of allylic oxidation sites excluding steroid dienone is 8. The van der Waals surface area contributed by atoms with E-state index >= 15 is 0 Å². The van der Waals surface area contributed by atoms with Crippen molar-refractivity contribution in [3.05, 3.63) is 204 Å². The Kier molecular flexibility index (Phi) is 8.16. The van der Waals surface area contributed by atoms with Crippen LogP contribution in [0.15, 0.2) is 191 Å². The monoisotopic (exact) mass is 788 g/mol. The van der Waals surface area contributed by atoms with Gasteiger partial charge in [-0.1, -0.05) is 109 Å². The molecule has 3 aliphatic heterocycles. The van der Waals surface area contributed by atoms with Crippen molar-refractivity contribution in [1.82, 2.24) is 0 Å². The predicted molar refractivity (Wildman–Crippen MR) is 245 cm³/mol. The zero-order chi connectivity index (χ0) is 37.5. The molecular weight excluding hydrogens is 749 g/mol. The molecule has 1 saturated heterocycles. The largest absolute Gasteiger partial charge is 0.355 e. The number of thiophene rings is 1. The Labute approximate surface area is 346 Å². The summed E-state index contributed by atoms with van der Waals surface area (Å²) in [7, 11) is 0. The van der Waals surface area contributed by atoms with Gasteiger partial charge in [0.15, 0.2) is 0 Å². The number of thioether (sulfide) groups is 2. The standard InChI is InChI=1S/C52H40N2S3/c1-2-10-33(11-3-1)34-18-23-37(24-19-34)53(38-25-20-35(21-26-38)36-22-31-42-41-12-4-7-15-45(41)55-48(42)32-36)39-27-29-40(30-28-39)54-49-43-13-5-8-16-46(43)56-51(49)52-50(54)44-14-6-9-17-47(44)57-52/h1-10,12-20,22-25,27-33,49-52H,11,21,26H2. The van der Waals surface area contributed by atoms with Crippen molar-refractivity contribution in [2.75, 3.05) is 9.80 Å². The summed E-state index contributed by atoms with van der Waals surface area (Å²) in [5, 5.41) is 3.75. The molecule has 4 heterocycles. The number of fused-ring (bicyclic) bond motifs is 10. The van der Waals surface area contributed by atoms with Crippen LogP contribution in [0.25, 0.3) is 25.7 Å². The Hall–Kier alpha value is -5.20. The third-order valence-corrected chi connectivity index (χ3v) is 16.9. The van der Waals surface area contributed by atoms with Crippen molar-refractivity contribution < 1.29 is 0 Å². The van der Waals surface area contributed by atoms with E-state index in [-0.39, 0.29) is 0 Å². The molecule has 0 radical (unpaired) electrons. The summed E-state index contributed by atoms with van der Waals surface area (Å²) in [5.41, 5.74) is 12.1. The smallest absolute Gasteiger partial charge is 0.0694 e. The van der Waals surface area contributed by atoms with E-state index in [2.05, 4.69) is 209 Å². The minimum atomic E-state index is 0.358. The van der Waals surface area contributed by atoms with Gasteiger partial charge in [0.2, 0.25) is 0 Å². The normalized spacial score (nSPS) is 22.9. The molecule has 2 nitrogen and oxygen atoms in total. The van der Waals surface area contributed by atoms with Crippen LogP contribution < -0.4 is 9.80 Å². The zero-order valence-corrected chi connectivity index (χ0v) is 33.8. The second-order valence-electron chi connectivity index (χ2n) is 15.8. The first kappa shape index (κ1) is 33.9. The second kappa shape index (κ2) is 13.7. The van der Waals surface area contributed by atoms with Crippen LogP contribution in [0.2, 0.25) is 0 Å². The van der Waals surface area contributed by atoms with Crippen molar-refractivity contribution in [2.24, 2.45) is 0 Å². The van der Waals surface area contributed by atoms with E-state index in [1.807, 2.05) is 11.3 Å². The summed E-state index contributed by atoms with van der Waals surface area (Å²) in [6, 6.07) is 53.7. The van der Waals surface area contributed by atoms with E-state index in [1.165, 1.54) is 80.5 Å². The molecule has 7 aromatic rings. The van der Waals surface area contributed by atoms with Crippen LogP contribution in [-0.2, 0) is 0 Å². The Morgan fingerprint density at radius 3 is 1.93 bits per heavy atom. The van der Waals surface area contributed by atoms with Gasteiger partial charge in [0, 0.05) is 69.1 Å². The number of hydrogen-bond acceptors (Lipinski definition) is 5. The first-order valence-electron chi connectivity index (χ1n) is 20.2. The van der Waals surface area contributed by atoms with Crippen LogP contribution in [0.3, 0.4) is 0 Å². The van der Waals surface area contributed by atoms with Gasteiger partial charge in [-0.15, -0.1) is 34.9 Å². The fourth-order valence-electron chi connectivity index (χ4n) is 9.98. The van der Waals surface area contributed by atoms with Crippen molar-refractivity contribution in [3.8, 4) is 0 Å². The summed E-state index contributed by atoms with van der Waals surface area (Å²) in [6.45, 7) is 0. The molecule has 2 aliphatic carbocycles. The molecule has 1 aromatic heterocycles. The van der Waals surface area contributed by atoms with Crippen molar-refractivity contribution >= 4 is 77.7 Å². The Balaban J connectivity index is 0.916. The van der Waals surface area contributed by atoms with Gasteiger partial charge in [0.05, 0.1) is 12.1 Å². The summed E-state index contributed by atoms with van der Waals surface area (Å²) < 4.78 is 2.72. The molecule has 57 heavy (non-hydrogen) atoms. The third kappa shape index (κ3) is 5.61. The van der Waals surface area contributed by atoms with Gasteiger partial charge in [-0.25, -0.2) is 0 Å². The maximum Gasteiger partial charge on any atom is 0.0694 e. The SMILES string of the molecule is C1=CCC(c2ccc(N(C3=CC=C(c4ccc5c(c4)sc4ccccc45)CC3)c3ccc(N4C5c6ccccc6SC5C5Sc6ccccc6C54)cc3)cc2)C=C1. The molecule has 5 unspecified atom stereocenters. The van der Waals surface area contributed by atoms with Gasteiger partial charge in [0.1, 0.15) is 0 Å². The average Bonchev–Trinajstić information content (AvgIpc) is 4.03. The molecule has 0 saturated carbocycles. The lowest BCUT2D eigenvalue weighted by atomic mass is 9.92. The minimum absolute atomic E-state index is 0.358. The number of hydrogen-bond donors (Lipinski definition) is 0. The van der Waals surface area contributed by atoms with Gasteiger partial charge < -0.3 is 9.80 Å². The highest BCUT2D eigenvalue weighted by Crippen LogP contribution is 2.65. The van der Waals surface area contributed by atoms with Crippen LogP contribution in [0, 0.1) is 0 Å². The second-order valence-corrected chi connectivity index (χ2v) is 19.3. The Bertz CT molecular complexity index is 2770. The maximum absolute atomic E-state index is 2.77. The summed E-state index contributed by atoms with van der Waals surface area (Å²) in [5.74, 6) is 0.431. The van der Waals surface area contributed by atoms with Crippen molar-refractivity contribution in [1.29, 1.82) is 0 Å². The number of nitrogens with zero attached hydrogens (tertiary/aromatic N) is 2. The Morgan fingerprint density at radius 1 is 0.579 bits per heavy atom. The fourth-order valence-corrected chi connectivity index (χ4v) is 14.4. The number of benzene rings is 6. The van der Waals surface area contributed by atoms with Crippen LogP contribution in [0.4, 0.5) is 17.1 Å². The van der Waals surface area contributed by atoms with Gasteiger partial charge in [-0.05, 0) is 114 Å². The van der Waals surface area contributed by atoms with Crippen molar-refractivity contribution in [3.63, 3.8) is 0 Å². The van der Waals surface area contributed by atoms with Crippen LogP contribution in [0.1, 0.15) is 59.5 Å². The molecule has 0 spiro atoms. The van der Waals surface area contributed by atoms with Crippen molar-refractivity contribution in [2.45, 2.75) is 57.6 Å². The summed E-state index contributed by atoms with van der Waals surface area (Å²) >= 11 is 6.09. The number of rotatable bonds is 6. The van der Waals surface area contributed by atoms with Gasteiger partial charge in [-0.3, -0.25) is 0 Å². The molecule has 0 N–H and O–H groups in total. The van der Waals surface area contributed by atoms with E-state index in [9.17, 15) is 0 Å². The summed E-state index contributed by atoms with van der Waals surface area (Å²) in [6.07, 6.45) is 16.7. The number of anilines is 3. The summed E-state index contributed by atoms with van der Waals surface area (Å²) in [4.78, 5) is 8.16. The molecule has 0 amide bonds. The van der Waals surface area contributed by atoms with E-state index in [4.69, 9.17) is 0 Å². The van der Waals surface area contributed by atoms with Gasteiger partial charge in [0.25, 0.3) is 0 Å². The van der Waals surface area contributed by atoms with E-state index in [1.54, 1.807) is 0 Å². The van der Waals surface area contributed by atoms with Crippen LogP contribution >= 0.6 is 34.9 Å². The highest BCUT2D eigenvalue weighted by Gasteiger charge is 2.57. The highest BCUT2D eigenvalue weighted by molar-refractivity contribution is 8.04. The third-order valence-electron chi connectivity index (χ3n) is 12.7. The van der Waals surface area contributed by atoms with E-state index in [0.29, 0.717) is 28.5 Å². The van der Waals surface area contributed by atoms with E-state index < -0.39 is 0 Å². The highest BCUT2D eigenvalue weighted by atomic mass is 32.2. The van der Waals surface area contributed by atoms with Crippen LogP contribution in [-0.4, -0.2) is 10.5 Å². The topological polar surface area (TPSA) is 6.48 Å². The predicted octanol–water partition coefficient (Wildman–Crippen LogP) is 14.8. The first-order valence-corrected chi connectivity index (χ1v) is 22.8. The molecule has 5 atom stereocenters. The first-order chi connectivity index (χ1) is 28.2. The average molecular weight is 789 g/mol. The molecule has 1 fully saturated rings. The quantitative estimate of drug-likeness (QED) is 0.165. The molecule has 6 aromatic carbocycles. The maximum atomic E-state index is 2.77.